The zero-order valence-electron chi connectivity index (χ0n) is 10.1. The molecule has 15 heavy (non-hydrogen) atoms. The predicted molar refractivity (Wildman–Crippen MR) is 63.9 cm³/mol. The van der Waals surface area contributed by atoms with Crippen molar-refractivity contribution >= 4 is 5.97 Å². The van der Waals surface area contributed by atoms with Crippen molar-refractivity contribution in [1.82, 2.24) is 0 Å². The van der Waals surface area contributed by atoms with Crippen LogP contribution in [-0.2, 0) is 4.79 Å². The van der Waals surface area contributed by atoms with Crippen molar-refractivity contribution in [3.63, 3.8) is 0 Å². The minimum atomic E-state index is -0.840. The molecule has 2 nitrogen and oxygen atoms in total. The predicted octanol–water partition coefficient (Wildman–Crippen LogP) is 4.01. The Morgan fingerprint density at radius 3 is 2.00 bits per heavy atom. The van der Waals surface area contributed by atoms with Gasteiger partial charge in [0.2, 0.25) is 0 Å². The molecule has 0 radical (unpaired) electrons. The first kappa shape index (κ1) is 14.2. The van der Waals surface area contributed by atoms with Crippen molar-refractivity contribution in [1.29, 1.82) is 0 Å². The molecule has 1 N–H and O–H groups in total. The van der Waals surface area contributed by atoms with E-state index >= 15 is 0 Å². The number of unbranched alkanes of at least 4 members (excludes halogenated alkanes) is 2. The fraction of sp³-hybridized carbons (Fsp3) is 0.769. The van der Waals surface area contributed by atoms with Crippen LogP contribution in [0.25, 0.3) is 0 Å². The zero-order chi connectivity index (χ0) is 11.7. The summed E-state index contributed by atoms with van der Waals surface area (Å²) >= 11 is 0. The van der Waals surface area contributed by atoms with E-state index in [1.807, 2.05) is 0 Å². The molecule has 0 aromatic carbocycles. The highest BCUT2D eigenvalue weighted by Crippen LogP contribution is 2.23. The van der Waals surface area contributed by atoms with E-state index in [4.69, 9.17) is 5.11 Å². The second-order valence-electron chi connectivity index (χ2n) is 4.26. The lowest BCUT2D eigenvalue weighted by atomic mass is 9.90. The summed E-state index contributed by atoms with van der Waals surface area (Å²) in [5.74, 6) is -0.318. The van der Waals surface area contributed by atoms with Gasteiger partial charge < -0.3 is 5.11 Å². The molecule has 0 aliphatic rings. The van der Waals surface area contributed by atoms with Gasteiger partial charge in [0, 0.05) is 5.57 Å². The topological polar surface area (TPSA) is 37.3 Å². The van der Waals surface area contributed by atoms with Crippen LogP contribution in [0.4, 0.5) is 0 Å². The molecule has 0 saturated heterocycles. The second-order valence-corrected chi connectivity index (χ2v) is 4.26. The molecule has 0 heterocycles. The van der Waals surface area contributed by atoms with Gasteiger partial charge in [0.25, 0.3) is 0 Å². The molecular weight excluding hydrogens is 188 g/mol. The number of carboxylic acid groups (broad SMARTS) is 1. The molecule has 0 aliphatic heterocycles. The van der Waals surface area contributed by atoms with Crippen LogP contribution < -0.4 is 0 Å². The van der Waals surface area contributed by atoms with Gasteiger partial charge >= 0.3 is 5.97 Å². The van der Waals surface area contributed by atoms with E-state index in [0.717, 1.165) is 12.8 Å². The summed E-state index contributed by atoms with van der Waals surface area (Å²) < 4.78 is 0. The van der Waals surface area contributed by atoms with Gasteiger partial charge in [-0.3, -0.25) is 0 Å². The Balaban J connectivity index is 3.98. The van der Waals surface area contributed by atoms with E-state index in [1.165, 1.54) is 25.7 Å². The number of hydrogen-bond donors (Lipinski definition) is 1. The summed E-state index contributed by atoms with van der Waals surface area (Å²) in [5.41, 5.74) is 0.368. The summed E-state index contributed by atoms with van der Waals surface area (Å²) in [6, 6.07) is 0. The standard InChI is InChI=1S/C13H24O2/c1-4-6-8-12(9-7-5-2)10-11(3)13(14)15/h12H,3-10H2,1-2H3,(H,14,15). The largest absolute Gasteiger partial charge is 0.478 e. The van der Waals surface area contributed by atoms with E-state index in [-0.39, 0.29) is 0 Å². The summed E-state index contributed by atoms with van der Waals surface area (Å²) in [6.07, 6.45) is 7.70. The van der Waals surface area contributed by atoms with Crippen LogP contribution in [0.2, 0.25) is 0 Å². The van der Waals surface area contributed by atoms with Crippen LogP contribution in [0.5, 0.6) is 0 Å². The Bertz CT molecular complexity index is 189. The molecule has 0 aromatic heterocycles. The number of hydrogen-bond acceptors (Lipinski definition) is 1. The summed E-state index contributed by atoms with van der Waals surface area (Å²) in [6.45, 7) is 7.95. The third kappa shape index (κ3) is 7.18. The second kappa shape index (κ2) is 8.51. The number of aliphatic carboxylic acids is 1. The van der Waals surface area contributed by atoms with E-state index in [0.29, 0.717) is 17.9 Å². The summed E-state index contributed by atoms with van der Waals surface area (Å²) in [5, 5.41) is 8.78. The van der Waals surface area contributed by atoms with Crippen LogP contribution in [0, 0.1) is 5.92 Å². The molecule has 2 heteroatoms. The quantitative estimate of drug-likeness (QED) is 0.586. The van der Waals surface area contributed by atoms with Gasteiger partial charge in [-0.1, -0.05) is 59.0 Å². The molecule has 0 aliphatic carbocycles. The maximum absolute atomic E-state index is 10.7. The third-order valence-corrected chi connectivity index (χ3v) is 2.77. The van der Waals surface area contributed by atoms with E-state index < -0.39 is 5.97 Å². The van der Waals surface area contributed by atoms with Crippen molar-refractivity contribution in [2.45, 2.75) is 58.8 Å². The molecule has 0 aromatic rings. The smallest absolute Gasteiger partial charge is 0.330 e. The molecule has 0 saturated carbocycles. The molecule has 0 unspecified atom stereocenters. The Labute approximate surface area is 93.4 Å². The molecule has 0 atom stereocenters. The number of carbonyl (C=O) groups is 1. The average Bonchev–Trinajstić information content (AvgIpc) is 2.21. The van der Waals surface area contributed by atoms with Crippen LogP contribution >= 0.6 is 0 Å². The van der Waals surface area contributed by atoms with Crippen LogP contribution in [0.1, 0.15) is 58.8 Å². The lowest BCUT2D eigenvalue weighted by molar-refractivity contribution is -0.132. The lowest BCUT2D eigenvalue weighted by Crippen LogP contribution is -2.07. The Morgan fingerprint density at radius 2 is 1.67 bits per heavy atom. The minimum Gasteiger partial charge on any atom is -0.478 e. The van der Waals surface area contributed by atoms with Gasteiger partial charge in [0.1, 0.15) is 0 Å². The molecular formula is C13H24O2. The maximum atomic E-state index is 10.7. The van der Waals surface area contributed by atoms with Crippen LogP contribution in [-0.4, -0.2) is 11.1 Å². The highest BCUT2D eigenvalue weighted by Gasteiger charge is 2.13. The first-order valence-electron chi connectivity index (χ1n) is 6.02. The molecule has 0 amide bonds. The first-order chi connectivity index (χ1) is 7.11. The highest BCUT2D eigenvalue weighted by molar-refractivity contribution is 5.85. The fourth-order valence-electron chi connectivity index (χ4n) is 1.77. The number of rotatable bonds is 9. The normalized spacial score (nSPS) is 10.6. The van der Waals surface area contributed by atoms with Crippen molar-refractivity contribution in [2.75, 3.05) is 0 Å². The van der Waals surface area contributed by atoms with Gasteiger partial charge in [-0.15, -0.1) is 0 Å². The molecule has 0 bridgehead atoms. The van der Waals surface area contributed by atoms with E-state index in [9.17, 15) is 4.79 Å². The van der Waals surface area contributed by atoms with Gasteiger partial charge in [0.05, 0.1) is 0 Å². The van der Waals surface area contributed by atoms with Gasteiger partial charge in [-0.2, -0.15) is 0 Å². The molecule has 88 valence electrons. The van der Waals surface area contributed by atoms with Crippen molar-refractivity contribution in [2.24, 2.45) is 5.92 Å². The zero-order valence-corrected chi connectivity index (χ0v) is 10.1. The van der Waals surface area contributed by atoms with Gasteiger partial charge in [0.15, 0.2) is 0 Å². The third-order valence-electron chi connectivity index (χ3n) is 2.77. The Hall–Kier alpha value is -0.790. The SMILES string of the molecule is C=C(CC(CCCC)CCCC)C(=O)O. The van der Waals surface area contributed by atoms with Crippen LogP contribution in [0.3, 0.4) is 0 Å². The first-order valence-corrected chi connectivity index (χ1v) is 6.02. The Morgan fingerprint density at radius 1 is 1.20 bits per heavy atom. The Kier molecular flexibility index (Phi) is 8.06. The lowest BCUT2D eigenvalue weighted by Gasteiger charge is -2.15. The number of carboxylic acids is 1. The molecule has 0 fully saturated rings. The summed E-state index contributed by atoms with van der Waals surface area (Å²) in [4.78, 5) is 10.7. The summed E-state index contributed by atoms with van der Waals surface area (Å²) in [7, 11) is 0. The minimum absolute atomic E-state index is 0.368. The fourth-order valence-corrected chi connectivity index (χ4v) is 1.77. The van der Waals surface area contributed by atoms with Gasteiger partial charge in [-0.25, -0.2) is 4.79 Å². The highest BCUT2D eigenvalue weighted by atomic mass is 16.4. The monoisotopic (exact) mass is 212 g/mol. The van der Waals surface area contributed by atoms with Gasteiger partial charge in [-0.05, 0) is 12.3 Å². The van der Waals surface area contributed by atoms with Crippen LogP contribution in [0.15, 0.2) is 12.2 Å². The van der Waals surface area contributed by atoms with E-state index in [2.05, 4.69) is 20.4 Å². The molecule has 0 spiro atoms. The average molecular weight is 212 g/mol. The van der Waals surface area contributed by atoms with Crippen molar-refractivity contribution in [3.8, 4) is 0 Å². The maximum Gasteiger partial charge on any atom is 0.330 e. The van der Waals surface area contributed by atoms with E-state index in [1.54, 1.807) is 0 Å². The molecule has 0 rings (SSSR count). The van der Waals surface area contributed by atoms with Crippen molar-refractivity contribution < 1.29 is 9.90 Å². The van der Waals surface area contributed by atoms with Crippen molar-refractivity contribution in [3.05, 3.63) is 12.2 Å².